The summed E-state index contributed by atoms with van der Waals surface area (Å²) in [5.74, 6) is 0. The molecular weight excluding hydrogens is 831 g/mol. The van der Waals surface area contributed by atoms with Crippen molar-refractivity contribution in [3.63, 3.8) is 0 Å². The van der Waals surface area contributed by atoms with Crippen LogP contribution in [0.4, 0.5) is 17.1 Å². The maximum absolute atomic E-state index is 10.1. The number of benzene rings is 11. The van der Waals surface area contributed by atoms with E-state index in [1.165, 1.54) is 4.90 Å². The van der Waals surface area contributed by atoms with Gasteiger partial charge in [0.2, 0.25) is 0 Å². The van der Waals surface area contributed by atoms with Crippen molar-refractivity contribution >= 4 is 27.8 Å². The molecule has 13 rings (SSSR count). The lowest BCUT2D eigenvalue weighted by atomic mass is 9.67. The molecule has 1 nitrogen and oxygen atoms in total. The van der Waals surface area contributed by atoms with Gasteiger partial charge in [-0.25, -0.2) is 0 Å². The van der Waals surface area contributed by atoms with Crippen LogP contribution in [0.3, 0.4) is 0 Å². The van der Waals surface area contributed by atoms with E-state index >= 15 is 0 Å². The van der Waals surface area contributed by atoms with Gasteiger partial charge in [-0.2, -0.15) is 0 Å². The fourth-order valence-electron chi connectivity index (χ4n) is 11.4. The number of anilines is 3. The molecule has 0 heterocycles. The Morgan fingerprint density at radius 2 is 0.841 bits per heavy atom. The van der Waals surface area contributed by atoms with Crippen LogP contribution in [0, 0.1) is 0 Å². The quantitative estimate of drug-likeness (QED) is 0.147. The topological polar surface area (TPSA) is 3.24 Å². The van der Waals surface area contributed by atoms with E-state index in [-0.39, 0.29) is 46.7 Å². The summed E-state index contributed by atoms with van der Waals surface area (Å²) in [6.45, 7) is 4.24. The average molecular weight is 888 g/mol. The molecule has 1 heteroatoms. The first-order valence-corrected chi connectivity index (χ1v) is 23.5. The third-order valence-electron chi connectivity index (χ3n) is 14.5. The van der Waals surface area contributed by atoms with Crippen LogP contribution in [0.15, 0.2) is 261 Å². The summed E-state index contributed by atoms with van der Waals surface area (Å²) < 4.78 is 80.0. The molecule has 0 amide bonds. The second kappa shape index (κ2) is 16.1. The molecule has 0 radical (unpaired) electrons. The van der Waals surface area contributed by atoms with Crippen LogP contribution < -0.4 is 4.90 Å². The second-order valence-electron chi connectivity index (χ2n) is 18.5. The fourth-order valence-corrected chi connectivity index (χ4v) is 11.4. The molecule has 2 aliphatic carbocycles. The van der Waals surface area contributed by atoms with Gasteiger partial charge in [0.15, 0.2) is 0 Å². The highest BCUT2D eigenvalue weighted by molar-refractivity contribution is 5.97. The van der Waals surface area contributed by atoms with Gasteiger partial charge in [0, 0.05) is 22.5 Å². The van der Waals surface area contributed by atoms with Crippen LogP contribution in [0.2, 0.25) is 0 Å². The van der Waals surface area contributed by atoms with E-state index in [2.05, 4.69) is 80.6 Å². The Balaban J connectivity index is 1.08. The van der Waals surface area contributed by atoms with Gasteiger partial charge in [-0.3, -0.25) is 0 Å². The van der Waals surface area contributed by atoms with Crippen LogP contribution >= 0.6 is 0 Å². The van der Waals surface area contributed by atoms with Crippen molar-refractivity contribution in [1.29, 1.82) is 0 Å². The van der Waals surface area contributed by atoms with Crippen LogP contribution in [0.25, 0.3) is 66.4 Å². The molecule has 0 atom stereocenters. The van der Waals surface area contributed by atoms with Gasteiger partial charge in [-0.1, -0.05) is 232 Å². The summed E-state index contributed by atoms with van der Waals surface area (Å²) in [4.78, 5) is 1.45. The molecule has 0 N–H and O–H groups in total. The zero-order valence-electron chi connectivity index (χ0n) is 46.2. The van der Waals surface area contributed by atoms with Gasteiger partial charge >= 0.3 is 0 Å². The van der Waals surface area contributed by atoms with Crippen molar-refractivity contribution in [1.82, 2.24) is 0 Å². The number of rotatable bonds is 8. The third kappa shape index (κ3) is 6.38. The molecule has 69 heavy (non-hydrogen) atoms. The van der Waals surface area contributed by atoms with Crippen LogP contribution in [-0.4, -0.2) is 0 Å². The number of hydrogen-bond donors (Lipinski definition) is 0. The number of nitrogens with zero attached hydrogens (tertiary/aromatic N) is 1. The van der Waals surface area contributed by atoms with E-state index in [9.17, 15) is 11.0 Å². The molecular formula is C68H49N. The predicted molar refractivity (Wildman–Crippen MR) is 290 cm³/mol. The van der Waals surface area contributed by atoms with E-state index in [1.807, 2.05) is 140 Å². The lowest BCUT2D eigenvalue weighted by molar-refractivity contribution is 0.662. The van der Waals surface area contributed by atoms with Gasteiger partial charge in [0.05, 0.1) is 16.4 Å². The highest BCUT2D eigenvalue weighted by Crippen LogP contribution is 2.58. The molecule has 0 unspecified atom stereocenters. The Bertz CT molecular complexity index is 4140. The minimum absolute atomic E-state index is 0.0961. The zero-order chi connectivity index (χ0) is 53.1. The Hall–Kier alpha value is -8.52. The molecule has 0 aliphatic heterocycles. The highest BCUT2D eigenvalue weighted by atomic mass is 15.1. The summed E-state index contributed by atoms with van der Waals surface area (Å²) in [7, 11) is 0. The molecule has 0 aromatic heterocycles. The second-order valence-corrected chi connectivity index (χ2v) is 18.5. The minimum Gasteiger partial charge on any atom is -0.310 e. The Kier molecular flexibility index (Phi) is 7.70. The van der Waals surface area contributed by atoms with Crippen molar-refractivity contribution in [3.05, 3.63) is 294 Å². The van der Waals surface area contributed by atoms with Crippen LogP contribution in [0.1, 0.15) is 58.2 Å². The van der Waals surface area contributed by atoms with E-state index in [0.29, 0.717) is 16.8 Å². The largest absolute Gasteiger partial charge is 0.310 e. The monoisotopic (exact) mass is 887 g/mol. The average Bonchev–Trinajstić information content (AvgIpc) is 4.15. The zero-order valence-corrected chi connectivity index (χ0v) is 38.2. The van der Waals surface area contributed by atoms with E-state index in [0.717, 1.165) is 77.5 Å². The standard InChI is InChI=1S/C68H49N/c1-67(2)63-32-13-11-28-60(63)62-31-17-30-58(66(62)67)48-36-40-54(41-37-48)69(53-38-34-46(35-39-53)49-20-15-21-50(44-49)57-29-16-19-47-18-9-10-26-56(47)57)55-42-43-61-59-27-12-14-33-64(59)68(65(61)45-55,51-22-5-3-6-23-51)52-24-7-4-8-25-52/h3-45H,1-2H3/i34D,35D,36D,37D,38D,39D,40D,41D. The highest BCUT2D eigenvalue weighted by Gasteiger charge is 2.46. The predicted octanol–water partition coefficient (Wildman–Crippen LogP) is 18.0. The SMILES string of the molecule is [2H]c1c([2H])c(N(c2ccc3c(c2)C(c2ccccc2)(c2ccccc2)c2ccccc2-3)c2c([2H])c([2H])c(-c3cccc4c3C(C)(C)c3ccccc3-4)c([2H])c2[2H])c([2H])c([2H])c1-c1cccc(-c2cccc3ccccc23)c1. The Morgan fingerprint density at radius 3 is 1.57 bits per heavy atom. The fraction of sp³-hybridized carbons (Fsp3) is 0.0588. The Labute approximate surface area is 416 Å². The summed E-state index contributed by atoms with van der Waals surface area (Å²) >= 11 is 0. The first-order chi connectivity index (χ1) is 37.3. The summed E-state index contributed by atoms with van der Waals surface area (Å²) in [5.41, 5.74) is 11.5. The van der Waals surface area contributed by atoms with Crippen LogP contribution in [0.5, 0.6) is 0 Å². The molecule has 2 aliphatic rings. The maximum Gasteiger partial charge on any atom is 0.0714 e. The van der Waals surface area contributed by atoms with E-state index in [1.54, 1.807) is 6.07 Å². The summed E-state index contributed by atoms with van der Waals surface area (Å²) in [6.07, 6.45) is 0. The smallest absolute Gasteiger partial charge is 0.0714 e. The van der Waals surface area contributed by atoms with Crippen molar-refractivity contribution in [2.24, 2.45) is 0 Å². The first-order valence-electron chi connectivity index (χ1n) is 27.5. The Morgan fingerprint density at radius 1 is 0.333 bits per heavy atom. The molecule has 0 fully saturated rings. The molecule has 326 valence electrons. The molecule has 0 bridgehead atoms. The maximum atomic E-state index is 10.1. The van der Waals surface area contributed by atoms with Gasteiger partial charge in [0.25, 0.3) is 0 Å². The van der Waals surface area contributed by atoms with E-state index in [4.69, 9.17) is 0 Å². The summed E-state index contributed by atoms with van der Waals surface area (Å²) in [5, 5.41) is 2.10. The van der Waals surface area contributed by atoms with Gasteiger partial charge in [0.1, 0.15) is 0 Å². The lowest BCUT2D eigenvalue weighted by Crippen LogP contribution is -2.28. The van der Waals surface area contributed by atoms with Crippen molar-refractivity contribution in [2.45, 2.75) is 24.7 Å². The minimum atomic E-state index is -0.888. The first kappa shape index (κ1) is 33.0. The molecule has 0 spiro atoms. The molecule has 11 aromatic carbocycles. The van der Waals surface area contributed by atoms with Gasteiger partial charge in [-0.15, -0.1) is 0 Å². The third-order valence-corrected chi connectivity index (χ3v) is 14.5. The number of hydrogen-bond acceptors (Lipinski definition) is 1. The summed E-state index contributed by atoms with van der Waals surface area (Å²) in [6, 6.07) is 67.5. The van der Waals surface area contributed by atoms with Crippen molar-refractivity contribution in [2.75, 3.05) is 4.90 Å². The van der Waals surface area contributed by atoms with Crippen molar-refractivity contribution < 1.29 is 11.0 Å². The van der Waals surface area contributed by atoms with E-state index < -0.39 is 35.0 Å². The molecule has 0 saturated heterocycles. The van der Waals surface area contributed by atoms with Gasteiger partial charge in [-0.05, 0) is 142 Å². The number of fused-ring (bicyclic) bond motifs is 7. The van der Waals surface area contributed by atoms with Crippen molar-refractivity contribution in [3.8, 4) is 55.6 Å². The normalized spacial score (nSPS) is 15.2. The van der Waals surface area contributed by atoms with Crippen LogP contribution in [-0.2, 0) is 10.8 Å². The van der Waals surface area contributed by atoms with Gasteiger partial charge < -0.3 is 4.90 Å². The lowest BCUT2D eigenvalue weighted by Gasteiger charge is -2.35. The molecule has 0 saturated carbocycles. The molecule has 11 aromatic rings.